The molecule has 4 unspecified atom stereocenters. The van der Waals surface area contributed by atoms with Crippen molar-refractivity contribution in [3.8, 4) is 0 Å². The summed E-state index contributed by atoms with van der Waals surface area (Å²) in [6.45, 7) is 4.29. The minimum absolute atomic E-state index is 0.385. The van der Waals surface area contributed by atoms with Crippen LogP contribution < -0.4 is 0 Å². The normalized spacial score (nSPS) is 36.6. The van der Waals surface area contributed by atoms with E-state index >= 15 is 0 Å². The van der Waals surface area contributed by atoms with Gasteiger partial charge in [0.2, 0.25) is 0 Å². The van der Waals surface area contributed by atoms with Gasteiger partial charge in [-0.05, 0) is 56.8 Å². The lowest BCUT2D eigenvalue weighted by Crippen LogP contribution is -2.29. The Morgan fingerprint density at radius 1 is 1.19 bits per heavy atom. The van der Waals surface area contributed by atoms with Crippen LogP contribution in [-0.2, 0) is 0 Å². The standard InChI is InChI=1S/C15H28O/c1-3-4-5-8-15(2,16)11-14-10-12-6-7-13(14)9-12/h12-14,16H,3-11H2,1-2H3. The Kier molecular flexibility index (Phi) is 3.94. The minimum atomic E-state index is -0.385. The Balaban J connectivity index is 1.75. The predicted molar refractivity (Wildman–Crippen MR) is 68.3 cm³/mol. The van der Waals surface area contributed by atoms with Gasteiger partial charge in [0.25, 0.3) is 0 Å². The summed E-state index contributed by atoms with van der Waals surface area (Å²) in [5.74, 6) is 2.82. The maximum absolute atomic E-state index is 10.4. The second-order valence-corrected chi connectivity index (χ2v) is 6.59. The number of aliphatic hydroxyl groups is 1. The Hall–Kier alpha value is -0.0400. The van der Waals surface area contributed by atoms with E-state index < -0.39 is 0 Å². The molecule has 0 amide bonds. The van der Waals surface area contributed by atoms with Crippen molar-refractivity contribution in [2.24, 2.45) is 17.8 Å². The Morgan fingerprint density at radius 3 is 2.56 bits per heavy atom. The lowest BCUT2D eigenvalue weighted by atomic mass is 9.79. The molecule has 16 heavy (non-hydrogen) atoms. The van der Waals surface area contributed by atoms with Crippen LogP contribution in [0.3, 0.4) is 0 Å². The summed E-state index contributed by atoms with van der Waals surface area (Å²) >= 11 is 0. The molecule has 1 nitrogen and oxygen atoms in total. The van der Waals surface area contributed by atoms with Crippen molar-refractivity contribution in [3.63, 3.8) is 0 Å². The first-order valence-corrected chi connectivity index (χ1v) is 7.33. The van der Waals surface area contributed by atoms with Gasteiger partial charge in [0, 0.05) is 0 Å². The number of unbranched alkanes of at least 4 members (excludes halogenated alkanes) is 2. The van der Waals surface area contributed by atoms with Crippen molar-refractivity contribution in [2.75, 3.05) is 0 Å². The van der Waals surface area contributed by atoms with Crippen molar-refractivity contribution in [2.45, 2.75) is 77.2 Å². The van der Waals surface area contributed by atoms with E-state index in [-0.39, 0.29) is 5.60 Å². The summed E-state index contributed by atoms with van der Waals surface area (Å²) in [6.07, 6.45) is 11.6. The highest BCUT2D eigenvalue weighted by molar-refractivity contribution is 4.92. The monoisotopic (exact) mass is 224 g/mol. The average molecular weight is 224 g/mol. The summed E-state index contributed by atoms with van der Waals surface area (Å²) in [5, 5.41) is 10.4. The van der Waals surface area contributed by atoms with E-state index in [1.807, 2.05) is 0 Å². The smallest absolute Gasteiger partial charge is 0.0622 e. The molecule has 0 aromatic rings. The van der Waals surface area contributed by atoms with E-state index in [1.165, 1.54) is 44.9 Å². The van der Waals surface area contributed by atoms with Gasteiger partial charge in [-0.25, -0.2) is 0 Å². The number of fused-ring (bicyclic) bond motifs is 2. The Labute approximate surface area is 101 Å². The molecule has 0 heterocycles. The molecular weight excluding hydrogens is 196 g/mol. The quantitative estimate of drug-likeness (QED) is 0.672. The molecule has 2 aliphatic rings. The van der Waals surface area contributed by atoms with Gasteiger partial charge in [-0.3, -0.25) is 0 Å². The Bertz CT molecular complexity index is 221. The van der Waals surface area contributed by atoms with E-state index in [9.17, 15) is 5.11 Å². The van der Waals surface area contributed by atoms with E-state index in [4.69, 9.17) is 0 Å². The van der Waals surface area contributed by atoms with Gasteiger partial charge in [0.05, 0.1) is 5.60 Å². The third-order valence-electron chi connectivity index (χ3n) is 4.91. The molecule has 1 N–H and O–H groups in total. The topological polar surface area (TPSA) is 20.2 Å². The van der Waals surface area contributed by atoms with Gasteiger partial charge in [-0.15, -0.1) is 0 Å². The number of hydrogen-bond donors (Lipinski definition) is 1. The van der Waals surface area contributed by atoms with Crippen LogP contribution in [0.5, 0.6) is 0 Å². The molecule has 2 aliphatic carbocycles. The SMILES string of the molecule is CCCCCC(C)(O)CC1CC2CCC1C2. The van der Waals surface area contributed by atoms with Crippen molar-refractivity contribution in [3.05, 3.63) is 0 Å². The molecule has 0 saturated heterocycles. The molecule has 2 rings (SSSR count). The molecule has 4 atom stereocenters. The maximum Gasteiger partial charge on any atom is 0.0622 e. The highest BCUT2D eigenvalue weighted by Crippen LogP contribution is 2.51. The van der Waals surface area contributed by atoms with E-state index in [0.717, 1.165) is 30.6 Å². The first kappa shape index (κ1) is 12.4. The summed E-state index contributed by atoms with van der Waals surface area (Å²) in [4.78, 5) is 0. The van der Waals surface area contributed by atoms with Crippen LogP contribution in [0.15, 0.2) is 0 Å². The van der Waals surface area contributed by atoms with Crippen LogP contribution in [0.25, 0.3) is 0 Å². The first-order chi connectivity index (χ1) is 7.61. The van der Waals surface area contributed by atoms with Crippen molar-refractivity contribution < 1.29 is 5.11 Å². The average Bonchev–Trinajstić information content (AvgIpc) is 2.78. The second kappa shape index (κ2) is 5.08. The molecule has 0 aromatic carbocycles. The Morgan fingerprint density at radius 2 is 2.00 bits per heavy atom. The molecule has 0 spiro atoms. The summed E-state index contributed by atoms with van der Waals surface area (Å²) in [6, 6.07) is 0. The third-order valence-corrected chi connectivity index (χ3v) is 4.91. The van der Waals surface area contributed by atoms with Crippen molar-refractivity contribution in [1.29, 1.82) is 0 Å². The van der Waals surface area contributed by atoms with Crippen molar-refractivity contribution >= 4 is 0 Å². The molecule has 2 saturated carbocycles. The molecule has 94 valence electrons. The summed E-state index contributed by atoms with van der Waals surface area (Å²) in [7, 11) is 0. The lowest BCUT2D eigenvalue weighted by molar-refractivity contribution is 0.0144. The summed E-state index contributed by atoms with van der Waals surface area (Å²) in [5.41, 5.74) is -0.385. The van der Waals surface area contributed by atoms with Gasteiger partial charge >= 0.3 is 0 Å². The minimum Gasteiger partial charge on any atom is -0.390 e. The highest BCUT2D eigenvalue weighted by atomic mass is 16.3. The molecule has 2 fully saturated rings. The molecule has 2 bridgehead atoms. The van der Waals surface area contributed by atoms with Crippen LogP contribution in [0.1, 0.15) is 71.6 Å². The fourth-order valence-corrected chi connectivity index (χ4v) is 4.05. The van der Waals surface area contributed by atoms with Gasteiger partial charge < -0.3 is 5.11 Å². The van der Waals surface area contributed by atoms with Crippen LogP contribution in [0.2, 0.25) is 0 Å². The van der Waals surface area contributed by atoms with E-state index in [1.54, 1.807) is 0 Å². The summed E-state index contributed by atoms with van der Waals surface area (Å²) < 4.78 is 0. The fraction of sp³-hybridized carbons (Fsp3) is 1.00. The molecule has 0 radical (unpaired) electrons. The van der Waals surface area contributed by atoms with E-state index in [0.29, 0.717) is 0 Å². The van der Waals surface area contributed by atoms with Gasteiger partial charge in [0.15, 0.2) is 0 Å². The molecule has 1 heteroatoms. The zero-order valence-corrected chi connectivity index (χ0v) is 11.0. The predicted octanol–water partition coefficient (Wildman–Crippen LogP) is 4.14. The van der Waals surface area contributed by atoms with Crippen LogP contribution in [0.4, 0.5) is 0 Å². The largest absolute Gasteiger partial charge is 0.390 e. The maximum atomic E-state index is 10.4. The third kappa shape index (κ3) is 3.00. The first-order valence-electron chi connectivity index (χ1n) is 7.33. The molecular formula is C15H28O. The van der Waals surface area contributed by atoms with Gasteiger partial charge in [-0.1, -0.05) is 32.6 Å². The van der Waals surface area contributed by atoms with E-state index in [2.05, 4.69) is 13.8 Å². The zero-order chi connectivity index (χ0) is 11.6. The van der Waals surface area contributed by atoms with Crippen LogP contribution in [-0.4, -0.2) is 10.7 Å². The molecule has 0 aliphatic heterocycles. The molecule has 0 aromatic heterocycles. The van der Waals surface area contributed by atoms with Crippen LogP contribution in [0, 0.1) is 17.8 Å². The zero-order valence-electron chi connectivity index (χ0n) is 11.0. The fourth-order valence-electron chi connectivity index (χ4n) is 4.05. The number of rotatable bonds is 6. The van der Waals surface area contributed by atoms with Gasteiger partial charge in [-0.2, -0.15) is 0 Å². The highest BCUT2D eigenvalue weighted by Gasteiger charge is 2.41. The number of hydrogen-bond acceptors (Lipinski definition) is 1. The van der Waals surface area contributed by atoms with Gasteiger partial charge in [0.1, 0.15) is 0 Å². The van der Waals surface area contributed by atoms with Crippen LogP contribution >= 0.6 is 0 Å². The van der Waals surface area contributed by atoms with Crippen molar-refractivity contribution in [1.82, 2.24) is 0 Å². The second-order valence-electron chi connectivity index (χ2n) is 6.59. The lowest BCUT2D eigenvalue weighted by Gasteiger charge is -2.31.